The van der Waals surface area contributed by atoms with E-state index in [1.807, 2.05) is 0 Å². The molecule has 1 aromatic rings. The highest BCUT2D eigenvalue weighted by atomic mass is 32.1. The molecule has 0 unspecified atom stereocenters. The van der Waals surface area contributed by atoms with Crippen molar-refractivity contribution in [3.63, 3.8) is 0 Å². The third-order valence-corrected chi connectivity index (χ3v) is 3.99. The highest BCUT2D eigenvalue weighted by Crippen LogP contribution is 2.42. The Balaban J connectivity index is 1.98. The Morgan fingerprint density at radius 3 is 2.79 bits per heavy atom. The molecule has 1 aliphatic rings. The molecule has 0 aromatic carbocycles. The van der Waals surface area contributed by atoms with Crippen LogP contribution in [0.1, 0.15) is 41.8 Å². The minimum Gasteiger partial charge on any atom is -0.386 e. The van der Waals surface area contributed by atoms with Crippen LogP contribution in [-0.4, -0.2) is 21.8 Å². The van der Waals surface area contributed by atoms with Crippen LogP contribution in [0.4, 0.5) is 0 Å². The number of nitrogens with two attached hydrogens (primary N) is 1. The normalized spacial score (nSPS) is 28.5. The van der Waals surface area contributed by atoms with Gasteiger partial charge in [-0.25, -0.2) is 0 Å². The molecule has 78 valence electrons. The van der Waals surface area contributed by atoms with Gasteiger partial charge < -0.3 is 10.8 Å². The second-order valence-electron chi connectivity index (χ2n) is 3.92. The maximum atomic E-state index is 9.30. The summed E-state index contributed by atoms with van der Waals surface area (Å²) >= 11 is 1.52. The first-order valence-corrected chi connectivity index (χ1v) is 5.73. The van der Waals surface area contributed by atoms with Crippen LogP contribution in [0.3, 0.4) is 0 Å². The lowest BCUT2D eigenvalue weighted by Crippen LogP contribution is -2.28. The van der Waals surface area contributed by atoms with E-state index in [0.717, 1.165) is 29.4 Å². The number of hydrogen-bond donors (Lipinski definition) is 2. The Morgan fingerprint density at radius 1 is 1.57 bits per heavy atom. The van der Waals surface area contributed by atoms with E-state index in [0.29, 0.717) is 11.8 Å². The van der Waals surface area contributed by atoms with Gasteiger partial charge >= 0.3 is 0 Å². The van der Waals surface area contributed by atoms with E-state index >= 15 is 0 Å². The van der Waals surface area contributed by atoms with Gasteiger partial charge in [0.2, 0.25) is 0 Å². The predicted octanol–water partition coefficient (Wildman–Crippen LogP) is 1.04. The van der Waals surface area contributed by atoms with E-state index in [1.165, 1.54) is 11.3 Å². The van der Waals surface area contributed by atoms with Crippen molar-refractivity contribution in [3.05, 3.63) is 10.0 Å². The molecule has 0 amide bonds. The fourth-order valence-electron chi connectivity index (χ4n) is 1.71. The summed E-state index contributed by atoms with van der Waals surface area (Å²) in [5.41, 5.74) is 5.55. The van der Waals surface area contributed by atoms with Crippen LogP contribution in [-0.2, 0) is 0 Å². The average molecular weight is 213 g/mol. The molecule has 1 fully saturated rings. The van der Waals surface area contributed by atoms with E-state index in [2.05, 4.69) is 10.2 Å². The van der Waals surface area contributed by atoms with E-state index in [-0.39, 0.29) is 0 Å². The molecule has 3 N–H and O–H groups in total. The van der Waals surface area contributed by atoms with Crippen LogP contribution in [0.25, 0.3) is 0 Å². The SMILES string of the molecule is C[C@@H](O)c1nnc(C2CC(CN)C2)s1. The molecule has 1 heterocycles. The van der Waals surface area contributed by atoms with Crippen molar-refractivity contribution in [2.24, 2.45) is 11.7 Å². The summed E-state index contributed by atoms with van der Waals surface area (Å²) < 4.78 is 0. The minimum absolute atomic E-state index is 0.494. The van der Waals surface area contributed by atoms with Gasteiger partial charge in [0.25, 0.3) is 0 Å². The molecule has 1 aromatic heterocycles. The Labute approximate surface area is 87.2 Å². The monoisotopic (exact) mass is 213 g/mol. The number of hydrogen-bond acceptors (Lipinski definition) is 5. The molecule has 4 nitrogen and oxygen atoms in total. The number of rotatable bonds is 3. The third kappa shape index (κ3) is 1.80. The second-order valence-corrected chi connectivity index (χ2v) is 4.97. The van der Waals surface area contributed by atoms with Crippen LogP contribution in [0.2, 0.25) is 0 Å². The lowest BCUT2D eigenvalue weighted by atomic mass is 9.75. The van der Waals surface area contributed by atoms with Crippen molar-refractivity contribution in [2.75, 3.05) is 6.54 Å². The Kier molecular flexibility index (Phi) is 2.80. The Bertz CT molecular complexity index is 307. The summed E-state index contributed by atoms with van der Waals surface area (Å²) in [6.45, 7) is 2.49. The molecule has 1 saturated carbocycles. The van der Waals surface area contributed by atoms with Gasteiger partial charge in [0, 0.05) is 5.92 Å². The predicted molar refractivity (Wildman–Crippen MR) is 55.1 cm³/mol. The Hall–Kier alpha value is -0.520. The van der Waals surface area contributed by atoms with Gasteiger partial charge in [-0.05, 0) is 32.2 Å². The maximum absolute atomic E-state index is 9.30. The van der Waals surface area contributed by atoms with Crippen LogP contribution < -0.4 is 5.73 Å². The second kappa shape index (κ2) is 3.92. The van der Waals surface area contributed by atoms with Gasteiger partial charge in [-0.2, -0.15) is 0 Å². The lowest BCUT2D eigenvalue weighted by Gasteiger charge is -2.32. The summed E-state index contributed by atoms with van der Waals surface area (Å²) in [5.74, 6) is 1.20. The number of aliphatic hydroxyl groups excluding tert-OH is 1. The standard InChI is InChI=1S/C9H15N3OS/c1-5(13)8-11-12-9(14-8)7-2-6(3-7)4-10/h5-7,13H,2-4,10H2,1H3/t5-,6?,7?/m1/s1. The first-order chi connectivity index (χ1) is 6.70. The smallest absolute Gasteiger partial charge is 0.145 e. The summed E-state index contributed by atoms with van der Waals surface area (Å²) in [6.07, 6.45) is 1.77. The maximum Gasteiger partial charge on any atom is 0.145 e. The minimum atomic E-state index is -0.494. The summed E-state index contributed by atoms with van der Waals surface area (Å²) in [5, 5.41) is 19.1. The third-order valence-electron chi connectivity index (χ3n) is 2.73. The zero-order valence-electron chi connectivity index (χ0n) is 8.18. The van der Waals surface area contributed by atoms with Crippen LogP contribution in [0.15, 0.2) is 0 Å². The number of aromatic nitrogens is 2. The fraction of sp³-hybridized carbons (Fsp3) is 0.778. The molecule has 0 aliphatic heterocycles. The van der Waals surface area contributed by atoms with Crippen molar-refractivity contribution in [3.8, 4) is 0 Å². The molecule has 0 bridgehead atoms. The van der Waals surface area contributed by atoms with E-state index in [1.54, 1.807) is 6.92 Å². The van der Waals surface area contributed by atoms with Crippen molar-refractivity contribution < 1.29 is 5.11 Å². The zero-order chi connectivity index (χ0) is 10.1. The van der Waals surface area contributed by atoms with E-state index in [4.69, 9.17) is 5.73 Å². The van der Waals surface area contributed by atoms with Gasteiger partial charge in [-0.15, -0.1) is 10.2 Å². The topological polar surface area (TPSA) is 72.0 Å². The van der Waals surface area contributed by atoms with Crippen LogP contribution in [0, 0.1) is 5.92 Å². The van der Waals surface area contributed by atoms with Crippen molar-refractivity contribution >= 4 is 11.3 Å². The molecule has 14 heavy (non-hydrogen) atoms. The molecule has 0 spiro atoms. The van der Waals surface area contributed by atoms with E-state index in [9.17, 15) is 5.11 Å². The molecular weight excluding hydrogens is 198 g/mol. The number of nitrogens with zero attached hydrogens (tertiary/aromatic N) is 2. The number of aliphatic hydroxyl groups is 1. The van der Waals surface area contributed by atoms with Crippen molar-refractivity contribution in [1.29, 1.82) is 0 Å². The molecule has 0 radical (unpaired) electrons. The summed E-state index contributed by atoms with van der Waals surface area (Å²) in [6, 6.07) is 0. The summed E-state index contributed by atoms with van der Waals surface area (Å²) in [4.78, 5) is 0. The fourth-order valence-corrected chi connectivity index (χ4v) is 2.62. The molecule has 0 saturated heterocycles. The highest BCUT2D eigenvalue weighted by Gasteiger charge is 2.31. The van der Waals surface area contributed by atoms with Gasteiger partial charge in [0.1, 0.15) is 16.1 Å². The van der Waals surface area contributed by atoms with Crippen molar-refractivity contribution in [1.82, 2.24) is 10.2 Å². The molecule has 1 aliphatic carbocycles. The molecule has 1 atom stereocenters. The van der Waals surface area contributed by atoms with Gasteiger partial charge in [0.15, 0.2) is 0 Å². The largest absolute Gasteiger partial charge is 0.386 e. The first kappa shape index (κ1) is 10.0. The van der Waals surface area contributed by atoms with Crippen LogP contribution >= 0.6 is 11.3 Å². The van der Waals surface area contributed by atoms with E-state index < -0.39 is 6.10 Å². The first-order valence-electron chi connectivity index (χ1n) is 4.92. The van der Waals surface area contributed by atoms with Crippen LogP contribution in [0.5, 0.6) is 0 Å². The summed E-state index contributed by atoms with van der Waals surface area (Å²) in [7, 11) is 0. The quantitative estimate of drug-likeness (QED) is 0.787. The molecule has 2 rings (SSSR count). The lowest BCUT2D eigenvalue weighted by molar-refractivity contribution is 0.198. The van der Waals surface area contributed by atoms with Gasteiger partial charge in [-0.1, -0.05) is 11.3 Å². The molecular formula is C9H15N3OS. The zero-order valence-corrected chi connectivity index (χ0v) is 9.00. The highest BCUT2D eigenvalue weighted by molar-refractivity contribution is 7.11. The van der Waals surface area contributed by atoms with Gasteiger partial charge in [0.05, 0.1) is 0 Å². The van der Waals surface area contributed by atoms with Gasteiger partial charge in [-0.3, -0.25) is 0 Å². The van der Waals surface area contributed by atoms with Crippen molar-refractivity contribution in [2.45, 2.75) is 31.8 Å². The Morgan fingerprint density at radius 2 is 2.29 bits per heavy atom. The average Bonchev–Trinajstić information content (AvgIpc) is 2.51. The molecule has 5 heteroatoms.